The Kier molecular flexibility index (Phi) is 5.88. The molecule has 0 saturated heterocycles. The van der Waals surface area contributed by atoms with Gasteiger partial charge in [-0.3, -0.25) is 4.79 Å². The maximum absolute atomic E-state index is 12.2. The van der Waals surface area contributed by atoms with Gasteiger partial charge in [0, 0.05) is 17.1 Å². The minimum atomic E-state index is -0.523. The van der Waals surface area contributed by atoms with Crippen LogP contribution >= 0.6 is 11.6 Å². The summed E-state index contributed by atoms with van der Waals surface area (Å²) < 4.78 is 5.63. The highest BCUT2D eigenvalue weighted by atomic mass is 35.5. The molecule has 116 valence electrons. The van der Waals surface area contributed by atoms with Crippen molar-refractivity contribution in [2.75, 3.05) is 7.05 Å². The Labute approximate surface area is 131 Å². The van der Waals surface area contributed by atoms with Crippen molar-refractivity contribution in [2.45, 2.75) is 50.8 Å². The molecular weight excluding hydrogens is 288 g/mol. The molecule has 0 radical (unpaired) electrons. The lowest BCUT2D eigenvalue weighted by atomic mass is 9.91. The normalized spacial score (nSPS) is 23.4. The Morgan fingerprint density at radius 1 is 1.29 bits per heavy atom. The molecule has 0 heterocycles. The van der Waals surface area contributed by atoms with Gasteiger partial charge in [-0.15, -0.1) is 0 Å². The van der Waals surface area contributed by atoms with Gasteiger partial charge in [-0.1, -0.05) is 17.7 Å². The molecule has 21 heavy (non-hydrogen) atoms. The second kappa shape index (κ2) is 7.66. The van der Waals surface area contributed by atoms with Crippen molar-refractivity contribution in [2.24, 2.45) is 0 Å². The van der Waals surface area contributed by atoms with Crippen molar-refractivity contribution in [3.8, 4) is 5.75 Å². The maximum atomic E-state index is 12.2. The van der Waals surface area contributed by atoms with E-state index in [1.807, 2.05) is 7.05 Å². The fraction of sp³-hybridized carbons (Fsp3) is 0.562. The smallest absolute Gasteiger partial charge is 0.260 e. The summed E-state index contributed by atoms with van der Waals surface area (Å²) >= 11 is 5.90. The van der Waals surface area contributed by atoms with Crippen LogP contribution in [0.2, 0.25) is 5.02 Å². The number of rotatable bonds is 5. The highest BCUT2D eigenvalue weighted by Gasteiger charge is 2.23. The third-order valence-corrected chi connectivity index (χ3v) is 4.20. The molecule has 2 N–H and O–H groups in total. The van der Waals surface area contributed by atoms with E-state index in [-0.39, 0.29) is 11.9 Å². The van der Waals surface area contributed by atoms with E-state index in [1.54, 1.807) is 31.2 Å². The molecule has 2 rings (SSSR count). The SMILES string of the molecule is CNC1CCC(NC(=O)C(C)Oc2cccc(Cl)c2)CC1. The molecule has 0 bridgehead atoms. The number of nitrogens with one attached hydrogen (secondary N) is 2. The number of hydrogen-bond acceptors (Lipinski definition) is 3. The molecular formula is C16H23ClN2O2. The summed E-state index contributed by atoms with van der Waals surface area (Å²) in [5.74, 6) is 0.548. The van der Waals surface area contributed by atoms with Crippen LogP contribution in [0, 0.1) is 0 Å². The number of benzene rings is 1. The molecule has 1 aliphatic carbocycles. The Morgan fingerprint density at radius 3 is 2.57 bits per heavy atom. The molecule has 1 unspecified atom stereocenters. The van der Waals surface area contributed by atoms with Gasteiger partial charge in [0.05, 0.1) is 0 Å². The van der Waals surface area contributed by atoms with Crippen LogP contribution in [-0.4, -0.2) is 31.1 Å². The van der Waals surface area contributed by atoms with Crippen LogP contribution in [0.1, 0.15) is 32.6 Å². The zero-order chi connectivity index (χ0) is 15.2. The van der Waals surface area contributed by atoms with Crippen LogP contribution in [0.3, 0.4) is 0 Å². The van der Waals surface area contributed by atoms with Crippen LogP contribution in [0.4, 0.5) is 0 Å². The molecule has 1 aromatic carbocycles. The summed E-state index contributed by atoms with van der Waals surface area (Å²) in [6.45, 7) is 1.76. The molecule has 0 aromatic heterocycles. The molecule has 1 amide bonds. The van der Waals surface area contributed by atoms with Gasteiger partial charge in [0.1, 0.15) is 5.75 Å². The van der Waals surface area contributed by atoms with Gasteiger partial charge in [0.2, 0.25) is 0 Å². The van der Waals surface area contributed by atoms with Gasteiger partial charge < -0.3 is 15.4 Å². The number of hydrogen-bond donors (Lipinski definition) is 2. The van der Waals surface area contributed by atoms with E-state index in [0.717, 1.165) is 25.7 Å². The second-order valence-electron chi connectivity index (χ2n) is 5.56. The van der Waals surface area contributed by atoms with Gasteiger partial charge in [-0.2, -0.15) is 0 Å². The zero-order valence-corrected chi connectivity index (χ0v) is 13.3. The van der Waals surface area contributed by atoms with E-state index < -0.39 is 6.10 Å². The van der Waals surface area contributed by atoms with Crippen molar-refractivity contribution in [3.05, 3.63) is 29.3 Å². The summed E-state index contributed by atoms with van der Waals surface area (Å²) in [6.07, 6.45) is 3.71. The van der Waals surface area contributed by atoms with E-state index in [0.29, 0.717) is 16.8 Å². The molecule has 1 atom stereocenters. The Balaban J connectivity index is 1.80. The van der Waals surface area contributed by atoms with Crippen LogP contribution in [0.5, 0.6) is 5.75 Å². The fourth-order valence-electron chi connectivity index (χ4n) is 2.64. The Hall–Kier alpha value is -1.26. The van der Waals surface area contributed by atoms with E-state index in [4.69, 9.17) is 16.3 Å². The molecule has 1 saturated carbocycles. The van der Waals surface area contributed by atoms with Gasteiger partial charge in [0.25, 0.3) is 5.91 Å². The summed E-state index contributed by atoms with van der Waals surface area (Å²) in [5.41, 5.74) is 0. The van der Waals surface area contributed by atoms with E-state index in [2.05, 4.69) is 10.6 Å². The molecule has 4 nitrogen and oxygen atoms in total. The first-order chi connectivity index (χ1) is 10.1. The summed E-state index contributed by atoms with van der Waals surface area (Å²) in [4.78, 5) is 12.2. The number of carbonyl (C=O) groups excluding carboxylic acids is 1. The Morgan fingerprint density at radius 2 is 1.95 bits per heavy atom. The van der Waals surface area contributed by atoms with E-state index in [9.17, 15) is 4.79 Å². The first-order valence-electron chi connectivity index (χ1n) is 7.48. The summed E-state index contributed by atoms with van der Waals surface area (Å²) in [5, 5.41) is 6.96. The largest absolute Gasteiger partial charge is 0.481 e. The maximum Gasteiger partial charge on any atom is 0.260 e. The molecule has 1 fully saturated rings. The van der Waals surface area contributed by atoms with Crippen molar-refractivity contribution in [1.82, 2.24) is 10.6 Å². The second-order valence-corrected chi connectivity index (χ2v) is 6.00. The zero-order valence-electron chi connectivity index (χ0n) is 12.6. The first-order valence-corrected chi connectivity index (χ1v) is 7.86. The van der Waals surface area contributed by atoms with Gasteiger partial charge in [-0.25, -0.2) is 0 Å². The number of ether oxygens (including phenoxy) is 1. The predicted molar refractivity (Wildman–Crippen MR) is 84.8 cm³/mol. The fourth-order valence-corrected chi connectivity index (χ4v) is 2.82. The molecule has 0 aliphatic heterocycles. The van der Waals surface area contributed by atoms with Crippen LogP contribution in [0.25, 0.3) is 0 Å². The van der Waals surface area contributed by atoms with Crippen LogP contribution in [-0.2, 0) is 4.79 Å². The third-order valence-electron chi connectivity index (χ3n) is 3.96. The lowest BCUT2D eigenvalue weighted by Crippen LogP contribution is -2.45. The number of halogens is 1. The van der Waals surface area contributed by atoms with E-state index >= 15 is 0 Å². The van der Waals surface area contributed by atoms with Gasteiger partial charge in [-0.05, 0) is 57.9 Å². The van der Waals surface area contributed by atoms with Crippen LogP contribution in [0.15, 0.2) is 24.3 Å². The molecule has 5 heteroatoms. The standard InChI is InChI=1S/C16H23ClN2O2/c1-11(21-15-5-3-4-12(17)10-15)16(20)19-14-8-6-13(18-2)7-9-14/h3-5,10-11,13-14,18H,6-9H2,1-2H3,(H,19,20). The summed E-state index contributed by atoms with van der Waals surface area (Å²) in [6, 6.07) is 7.93. The van der Waals surface area contributed by atoms with Crippen molar-refractivity contribution in [1.29, 1.82) is 0 Å². The minimum absolute atomic E-state index is 0.0668. The van der Waals surface area contributed by atoms with Crippen molar-refractivity contribution in [3.63, 3.8) is 0 Å². The number of amides is 1. The minimum Gasteiger partial charge on any atom is -0.481 e. The molecule has 1 aromatic rings. The first kappa shape index (κ1) is 16.1. The highest BCUT2D eigenvalue weighted by molar-refractivity contribution is 6.30. The van der Waals surface area contributed by atoms with Crippen molar-refractivity contribution < 1.29 is 9.53 Å². The lowest BCUT2D eigenvalue weighted by Gasteiger charge is -2.29. The van der Waals surface area contributed by atoms with Crippen LogP contribution < -0.4 is 15.4 Å². The third kappa shape index (κ3) is 4.90. The average Bonchev–Trinajstić information content (AvgIpc) is 2.48. The monoisotopic (exact) mass is 310 g/mol. The average molecular weight is 311 g/mol. The quantitative estimate of drug-likeness (QED) is 0.879. The lowest BCUT2D eigenvalue weighted by molar-refractivity contribution is -0.128. The topological polar surface area (TPSA) is 50.4 Å². The molecule has 1 aliphatic rings. The number of carbonyl (C=O) groups is 1. The highest BCUT2D eigenvalue weighted by Crippen LogP contribution is 2.20. The summed E-state index contributed by atoms with van der Waals surface area (Å²) in [7, 11) is 1.99. The molecule has 0 spiro atoms. The predicted octanol–water partition coefficient (Wildman–Crippen LogP) is 2.75. The van der Waals surface area contributed by atoms with E-state index in [1.165, 1.54) is 0 Å². The van der Waals surface area contributed by atoms with Gasteiger partial charge in [0.15, 0.2) is 6.10 Å². The van der Waals surface area contributed by atoms with Gasteiger partial charge >= 0.3 is 0 Å². The van der Waals surface area contributed by atoms with Crippen molar-refractivity contribution >= 4 is 17.5 Å². The Bertz CT molecular complexity index is 473.